The van der Waals surface area contributed by atoms with E-state index in [9.17, 15) is 4.79 Å². The van der Waals surface area contributed by atoms with E-state index in [4.69, 9.17) is 5.11 Å². The summed E-state index contributed by atoms with van der Waals surface area (Å²) >= 11 is 0. The van der Waals surface area contributed by atoms with Crippen molar-refractivity contribution in [1.29, 1.82) is 0 Å². The summed E-state index contributed by atoms with van der Waals surface area (Å²) in [6.45, 7) is 5.23. The molecule has 0 unspecified atom stereocenters. The Hall–Kier alpha value is -1.39. The Morgan fingerprint density at radius 2 is 1.90 bits per heavy atom. The molecule has 1 fully saturated rings. The lowest BCUT2D eigenvalue weighted by Gasteiger charge is -2.39. The quantitative estimate of drug-likeness (QED) is 0.862. The van der Waals surface area contributed by atoms with Crippen molar-refractivity contribution in [1.82, 2.24) is 10.2 Å². The van der Waals surface area contributed by atoms with E-state index >= 15 is 0 Å². The second-order valence-electron chi connectivity index (χ2n) is 5.93. The van der Waals surface area contributed by atoms with Crippen molar-refractivity contribution in [3.63, 3.8) is 0 Å². The van der Waals surface area contributed by atoms with Crippen LogP contribution in [0.2, 0.25) is 0 Å². The Labute approximate surface area is 120 Å². The summed E-state index contributed by atoms with van der Waals surface area (Å²) in [5.41, 5.74) is 2.32. The molecular weight excluding hydrogens is 252 g/mol. The van der Waals surface area contributed by atoms with E-state index in [1.165, 1.54) is 0 Å². The Morgan fingerprint density at radius 1 is 1.30 bits per heavy atom. The lowest BCUT2D eigenvalue weighted by Crippen LogP contribution is -2.49. The van der Waals surface area contributed by atoms with Crippen LogP contribution in [0.4, 0.5) is 0 Å². The van der Waals surface area contributed by atoms with Crippen LogP contribution in [0.5, 0.6) is 0 Å². The predicted molar refractivity (Wildman–Crippen MR) is 79.8 cm³/mol. The average Bonchev–Trinajstić information content (AvgIpc) is 2.43. The SMILES string of the molecule is CNC1(C)CCN(Cc2ccccc2CC(=O)O)CC1. The normalized spacial score (nSPS) is 18.9. The molecule has 1 aromatic carbocycles. The fourth-order valence-corrected chi connectivity index (χ4v) is 2.74. The third kappa shape index (κ3) is 3.81. The van der Waals surface area contributed by atoms with Gasteiger partial charge in [0.1, 0.15) is 0 Å². The zero-order valence-electron chi connectivity index (χ0n) is 12.4. The molecule has 0 amide bonds. The Bertz CT molecular complexity index is 465. The number of nitrogens with one attached hydrogen (secondary N) is 1. The maximum atomic E-state index is 10.9. The Balaban J connectivity index is 1.99. The molecule has 1 aromatic rings. The van der Waals surface area contributed by atoms with Gasteiger partial charge in [0.05, 0.1) is 6.42 Å². The molecule has 0 radical (unpaired) electrons. The van der Waals surface area contributed by atoms with Gasteiger partial charge in [-0.1, -0.05) is 24.3 Å². The minimum Gasteiger partial charge on any atom is -0.481 e. The molecule has 1 saturated heterocycles. The molecule has 1 aliphatic rings. The summed E-state index contributed by atoms with van der Waals surface area (Å²) in [5, 5.41) is 12.4. The maximum Gasteiger partial charge on any atom is 0.307 e. The first-order chi connectivity index (χ1) is 9.52. The molecular formula is C16H24N2O2. The molecule has 1 aliphatic heterocycles. The van der Waals surface area contributed by atoms with Crippen LogP contribution < -0.4 is 5.32 Å². The lowest BCUT2D eigenvalue weighted by atomic mass is 9.89. The monoisotopic (exact) mass is 276 g/mol. The number of rotatable bonds is 5. The van der Waals surface area contributed by atoms with Gasteiger partial charge in [-0.2, -0.15) is 0 Å². The van der Waals surface area contributed by atoms with E-state index in [-0.39, 0.29) is 12.0 Å². The van der Waals surface area contributed by atoms with Crippen molar-refractivity contribution < 1.29 is 9.90 Å². The van der Waals surface area contributed by atoms with Crippen LogP contribution in [-0.2, 0) is 17.8 Å². The maximum absolute atomic E-state index is 10.9. The zero-order valence-corrected chi connectivity index (χ0v) is 12.4. The molecule has 110 valence electrons. The molecule has 2 rings (SSSR count). The Morgan fingerprint density at radius 3 is 2.45 bits per heavy atom. The van der Waals surface area contributed by atoms with Gasteiger partial charge in [-0.15, -0.1) is 0 Å². The molecule has 0 atom stereocenters. The number of carboxylic acid groups (broad SMARTS) is 1. The van der Waals surface area contributed by atoms with Crippen molar-refractivity contribution in [2.75, 3.05) is 20.1 Å². The van der Waals surface area contributed by atoms with Gasteiger partial charge in [0.15, 0.2) is 0 Å². The van der Waals surface area contributed by atoms with Crippen LogP contribution in [0.3, 0.4) is 0 Å². The number of hydrogen-bond donors (Lipinski definition) is 2. The number of benzene rings is 1. The van der Waals surface area contributed by atoms with E-state index in [0.717, 1.165) is 43.6 Å². The highest BCUT2D eigenvalue weighted by molar-refractivity contribution is 5.70. The van der Waals surface area contributed by atoms with Crippen LogP contribution >= 0.6 is 0 Å². The molecule has 2 N–H and O–H groups in total. The fraction of sp³-hybridized carbons (Fsp3) is 0.562. The van der Waals surface area contributed by atoms with Crippen LogP contribution in [0, 0.1) is 0 Å². The van der Waals surface area contributed by atoms with Crippen molar-refractivity contribution in [2.45, 2.75) is 38.3 Å². The van der Waals surface area contributed by atoms with Gasteiger partial charge in [-0.05, 0) is 37.9 Å². The molecule has 0 saturated carbocycles. The van der Waals surface area contributed by atoms with Crippen LogP contribution in [0.25, 0.3) is 0 Å². The minimum atomic E-state index is -0.765. The molecule has 0 bridgehead atoms. The van der Waals surface area contributed by atoms with Crippen LogP contribution in [0.15, 0.2) is 24.3 Å². The van der Waals surface area contributed by atoms with E-state index in [1.807, 2.05) is 31.3 Å². The van der Waals surface area contributed by atoms with E-state index in [0.29, 0.717) is 0 Å². The van der Waals surface area contributed by atoms with Gasteiger partial charge in [0, 0.05) is 25.2 Å². The molecule has 20 heavy (non-hydrogen) atoms. The highest BCUT2D eigenvalue weighted by atomic mass is 16.4. The van der Waals surface area contributed by atoms with Crippen molar-refractivity contribution in [3.05, 3.63) is 35.4 Å². The smallest absolute Gasteiger partial charge is 0.307 e. The molecule has 4 heteroatoms. The van der Waals surface area contributed by atoms with Gasteiger partial charge in [0.2, 0.25) is 0 Å². The van der Waals surface area contributed by atoms with Gasteiger partial charge in [-0.3, -0.25) is 9.69 Å². The first kappa shape index (κ1) is 15.0. The van der Waals surface area contributed by atoms with E-state index in [1.54, 1.807) is 0 Å². The molecule has 0 spiro atoms. The van der Waals surface area contributed by atoms with Crippen LogP contribution in [0.1, 0.15) is 30.9 Å². The number of piperidine rings is 1. The van der Waals surface area contributed by atoms with Gasteiger partial charge < -0.3 is 10.4 Å². The van der Waals surface area contributed by atoms with E-state index in [2.05, 4.69) is 17.1 Å². The summed E-state index contributed by atoms with van der Waals surface area (Å²) in [4.78, 5) is 13.3. The summed E-state index contributed by atoms with van der Waals surface area (Å²) < 4.78 is 0. The molecule has 4 nitrogen and oxygen atoms in total. The van der Waals surface area contributed by atoms with Crippen molar-refractivity contribution >= 4 is 5.97 Å². The zero-order chi connectivity index (χ0) is 14.6. The largest absolute Gasteiger partial charge is 0.481 e. The van der Waals surface area contributed by atoms with Crippen LogP contribution in [-0.4, -0.2) is 41.7 Å². The second-order valence-corrected chi connectivity index (χ2v) is 5.93. The van der Waals surface area contributed by atoms with Gasteiger partial charge in [0.25, 0.3) is 0 Å². The van der Waals surface area contributed by atoms with Crippen molar-refractivity contribution in [2.24, 2.45) is 0 Å². The van der Waals surface area contributed by atoms with Gasteiger partial charge in [-0.25, -0.2) is 0 Å². The predicted octanol–water partition coefficient (Wildman–Crippen LogP) is 1.89. The number of aliphatic carboxylic acids is 1. The highest BCUT2D eigenvalue weighted by Crippen LogP contribution is 2.23. The highest BCUT2D eigenvalue weighted by Gasteiger charge is 2.28. The first-order valence-electron chi connectivity index (χ1n) is 7.22. The molecule has 0 aromatic heterocycles. The number of carboxylic acids is 1. The minimum absolute atomic E-state index is 0.109. The second kappa shape index (κ2) is 6.37. The topological polar surface area (TPSA) is 52.6 Å². The number of likely N-dealkylation sites (tertiary alicyclic amines) is 1. The summed E-state index contributed by atoms with van der Waals surface area (Å²) in [7, 11) is 2.03. The average molecular weight is 276 g/mol. The van der Waals surface area contributed by atoms with E-state index < -0.39 is 5.97 Å². The summed E-state index contributed by atoms with van der Waals surface area (Å²) in [5.74, 6) is -0.765. The fourth-order valence-electron chi connectivity index (χ4n) is 2.74. The third-order valence-corrected chi connectivity index (χ3v) is 4.42. The third-order valence-electron chi connectivity index (χ3n) is 4.42. The standard InChI is InChI=1S/C16H24N2O2/c1-16(17-2)7-9-18(10-8-16)12-14-6-4-3-5-13(14)11-15(19)20/h3-6,17H,7-12H2,1-2H3,(H,19,20). The Kier molecular flexibility index (Phi) is 4.78. The lowest BCUT2D eigenvalue weighted by molar-refractivity contribution is -0.136. The number of hydrogen-bond acceptors (Lipinski definition) is 3. The van der Waals surface area contributed by atoms with Crippen molar-refractivity contribution in [3.8, 4) is 0 Å². The summed E-state index contributed by atoms with van der Waals surface area (Å²) in [6.07, 6.45) is 2.37. The first-order valence-corrected chi connectivity index (χ1v) is 7.22. The molecule has 0 aliphatic carbocycles. The number of carbonyl (C=O) groups is 1. The molecule has 1 heterocycles. The van der Waals surface area contributed by atoms with Gasteiger partial charge >= 0.3 is 5.97 Å². The number of nitrogens with zero attached hydrogens (tertiary/aromatic N) is 1. The summed E-state index contributed by atoms with van der Waals surface area (Å²) in [6, 6.07) is 7.87.